The smallest absolute Gasteiger partial charge is 0.129 e. The molecule has 1 fully saturated rings. The second-order valence-corrected chi connectivity index (χ2v) is 4.66. The van der Waals surface area contributed by atoms with E-state index < -0.39 is 0 Å². The molecule has 1 heterocycles. The van der Waals surface area contributed by atoms with E-state index in [0.717, 1.165) is 25.9 Å². The molecule has 88 valence electrons. The molecule has 0 bridgehead atoms. The predicted octanol–water partition coefficient (Wildman–Crippen LogP) is 2.48. The first-order valence-electron chi connectivity index (χ1n) is 5.60. The number of nitrogens with one attached hydrogen (secondary N) is 1. The molecule has 1 aromatic rings. The van der Waals surface area contributed by atoms with Crippen LogP contribution in [0.3, 0.4) is 0 Å². The molecule has 1 aliphatic heterocycles. The van der Waals surface area contributed by atoms with E-state index in [9.17, 15) is 4.39 Å². The lowest BCUT2D eigenvalue weighted by molar-refractivity contribution is 0.317. The number of halogens is 2. The molecule has 1 atom stereocenters. The molecule has 0 aliphatic carbocycles. The van der Waals surface area contributed by atoms with E-state index in [0.29, 0.717) is 16.5 Å². The first-order valence-corrected chi connectivity index (χ1v) is 5.98. The highest BCUT2D eigenvalue weighted by Crippen LogP contribution is 2.32. The summed E-state index contributed by atoms with van der Waals surface area (Å²) in [5, 5.41) is 3.70. The Balaban J connectivity index is 2.22. The van der Waals surface area contributed by atoms with Crippen LogP contribution in [0.4, 0.5) is 4.39 Å². The highest BCUT2D eigenvalue weighted by Gasteiger charge is 2.25. The van der Waals surface area contributed by atoms with Crippen LogP contribution < -0.4 is 11.1 Å². The van der Waals surface area contributed by atoms with Crippen molar-refractivity contribution in [2.75, 3.05) is 13.1 Å². The summed E-state index contributed by atoms with van der Waals surface area (Å²) in [6.07, 6.45) is 1.96. The molecule has 0 aromatic heterocycles. The number of nitrogens with two attached hydrogens (primary N) is 1. The first kappa shape index (κ1) is 11.8. The van der Waals surface area contributed by atoms with Gasteiger partial charge in [-0.3, -0.25) is 0 Å². The quantitative estimate of drug-likeness (QED) is 0.836. The maximum absolute atomic E-state index is 13.7. The third kappa shape index (κ3) is 2.37. The van der Waals surface area contributed by atoms with Crippen LogP contribution in [0.1, 0.15) is 24.4 Å². The van der Waals surface area contributed by atoms with Crippen molar-refractivity contribution in [3.8, 4) is 0 Å². The number of benzene rings is 1. The van der Waals surface area contributed by atoms with Gasteiger partial charge in [0.05, 0.1) is 0 Å². The minimum Gasteiger partial charge on any atom is -0.324 e. The number of rotatable bonds is 2. The Bertz CT molecular complexity index is 344. The lowest BCUT2D eigenvalue weighted by atomic mass is 9.86. The topological polar surface area (TPSA) is 38.0 Å². The average molecular weight is 243 g/mol. The maximum Gasteiger partial charge on any atom is 0.129 e. The van der Waals surface area contributed by atoms with Gasteiger partial charge in [0.25, 0.3) is 0 Å². The third-order valence-corrected chi connectivity index (χ3v) is 3.55. The summed E-state index contributed by atoms with van der Waals surface area (Å²) in [5.41, 5.74) is 6.59. The van der Waals surface area contributed by atoms with Gasteiger partial charge < -0.3 is 11.1 Å². The Morgan fingerprint density at radius 2 is 2.06 bits per heavy atom. The zero-order valence-electron chi connectivity index (χ0n) is 9.05. The van der Waals surface area contributed by atoms with Crippen molar-refractivity contribution in [1.82, 2.24) is 5.32 Å². The predicted molar refractivity (Wildman–Crippen MR) is 63.9 cm³/mol. The van der Waals surface area contributed by atoms with Crippen molar-refractivity contribution in [3.05, 3.63) is 34.6 Å². The fourth-order valence-electron chi connectivity index (χ4n) is 2.27. The minimum atomic E-state index is -0.296. The van der Waals surface area contributed by atoms with E-state index in [-0.39, 0.29) is 11.9 Å². The highest BCUT2D eigenvalue weighted by atomic mass is 35.5. The summed E-state index contributed by atoms with van der Waals surface area (Å²) in [4.78, 5) is 0. The highest BCUT2D eigenvalue weighted by molar-refractivity contribution is 6.31. The van der Waals surface area contributed by atoms with Gasteiger partial charge >= 0.3 is 0 Å². The lowest BCUT2D eigenvalue weighted by Gasteiger charge is -2.29. The van der Waals surface area contributed by atoms with Gasteiger partial charge in [0.15, 0.2) is 0 Å². The van der Waals surface area contributed by atoms with E-state index in [4.69, 9.17) is 17.3 Å². The van der Waals surface area contributed by atoms with E-state index in [1.165, 1.54) is 6.07 Å². The summed E-state index contributed by atoms with van der Waals surface area (Å²) in [6.45, 7) is 1.90. The van der Waals surface area contributed by atoms with Crippen LogP contribution in [-0.2, 0) is 0 Å². The molecule has 0 spiro atoms. The summed E-state index contributed by atoms with van der Waals surface area (Å²) < 4.78 is 13.7. The van der Waals surface area contributed by atoms with Gasteiger partial charge in [0, 0.05) is 16.6 Å². The van der Waals surface area contributed by atoms with Gasteiger partial charge in [-0.1, -0.05) is 17.7 Å². The molecule has 1 aromatic carbocycles. The van der Waals surface area contributed by atoms with Crippen LogP contribution >= 0.6 is 11.6 Å². The molecular formula is C12H16ClFN2. The van der Waals surface area contributed by atoms with Crippen molar-refractivity contribution < 1.29 is 4.39 Å². The van der Waals surface area contributed by atoms with Gasteiger partial charge in [0.2, 0.25) is 0 Å². The maximum atomic E-state index is 13.7. The van der Waals surface area contributed by atoms with Crippen molar-refractivity contribution >= 4 is 11.6 Å². The molecule has 0 amide bonds. The van der Waals surface area contributed by atoms with Crippen molar-refractivity contribution in [1.29, 1.82) is 0 Å². The van der Waals surface area contributed by atoms with E-state index in [1.54, 1.807) is 12.1 Å². The van der Waals surface area contributed by atoms with Crippen LogP contribution in [-0.4, -0.2) is 13.1 Å². The molecule has 0 saturated carbocycles. The molecule has 0 radical (unpaired) electrons. The molecule has 4 heteroatoms. The second kappa shape index (κ2) is 5.13. The Morgan fingerprint density at radius 1 is 1.38 bits per heavy atom. The molecule has 2 rings (SSSR count). The molecule has 0 unspecified atom stereocenters. The number of hydrogen-bond acceptors (Lipinski definition) is 2. The van der Waals surface area contributed by atoms with Gasteiger partial charge in [0.1, 0.15) is 5.82 Å². The van der Waals surface area contributed by atoms with E-state index in [2.05, 4.69) is 5.32 Å². The summed E-state index contributed by atoms with van der Waals surface area (Å²) in [5.74, 6) is 0.0224. The van der Waals surface area contributed by atoms with Crippen LogP contribution in [0.15, 0.2) is 18.2 Å². The molecule has 16 heavy (non-hydrogen) atoms. The minimum absolute atomic E-state index is 0.293. The largest absolute Gasteiger partial charge is 0.324 e. The summed E-state index contributed by atoms with van der Waals surface area (Å²) in [7, 11) is 0. The van der Waals surface area contributed by atoms with E-state index in [1.807, 2.05) is 0 Å². The summed E-state index contributed by atoms with van der Waals surface area (Å²) >= 11 is 6.01. The van der Waals surface area contributed by atoms with Gasteiger partial charge in [-0.25, -0.2) is 4.39 Å². The number of hydrogen-bond donors (Lipinski definition) is 2. The average Bonchev–Trinajstić information content (AvgIpc) is 2.30. The fraction of sp³-hybridized carbons (Fsp3) is 0.500. The Labute approximate surface area is 100.0 Å². The Morgan fingerprint density at radius 3 is 2.69 bits per heavy atom. The van der Waals surface area contributed by atoms with Gasteiger partial charge in [-0.05, 0) is 44.0 Å². The van der Waals surface area contributed by atoms with Gasteiger partial charge in [-0.15, -0.1) is 0 Å². The zero-order valence-corrected chi connectivity index (χ0v) is 9.80. The van der Waals surface area contributed by atoms with Crippen LogP contribution in [0, 0.1) is 11.7 Å². The van der Waals surface area contributed by atoms with Crippen molar-refractivity contribution in [2.45, 2.75) is 18.9 Å². The van der Waals surface area contributed by atoms with Gasteiger partial charge in [-0.2, -0.15) is 0 Å². The standard InChI is InChI=1S/C12H16ClFN2/c13-9-2-1-3-10(14)11(9)12(15)8-4-6-16-7-5-8/h1-3,8,12,16H,4-7,15H2/t12-/m1/s1. The van der Waals surface area contributed by atoms with E-state index >= 15 is 0 Å². The van der Waals surface area contributed by atoms with Crippen LogP contribution in [0.5, 0.6) is 0 Å². The monoisotopic (exact) mass is 242 g/mol. The first-order chi connectivity index (χ1) is 7.70. The van der Waals surface area contributed by atoms with Crippen molar-refractivity contribution in [2.24, 2.45) is 11.7 Å². The molecule has 1 saturated heterocycles. The SMILES string of the molecule is N[C@@H](c1c(F)cccc1Cl)C1CCNCC1. The lowest BCUT2D eigenvalue weighted by Crippen LogP contribution is -2.34. The summed E-state index contributed by atoms with van der Waals surface area (Å²) in [6, 6.07) is 4.43. The molecule has 2 nitrogen and oxygen atoms in total. The third-order valence-electron chi connectivity index (χ3n) is 3.22. The zero-order chi connectivity index (χ0) is 11.5. The molecule has 3 N–H and O–H groups in total. The van der Waals surface area contributed by atoms with Crippen molar-refractivity contribution in [3.63, 3.8) is 0 Å². The fourth-order valence-corrected chi connectivity index (χ4v) is 2.56. The molecule has 1 aliphatic rings. The second-order valence-electron chi connectivity index (χ2n) is 4.25. The van der Waals surface area contributed by atoms with Crippen LogP contribution in [0.25, 0.3) is 0 Å². The normalized spacial score (nSPS) is 19.7. The Kier molecular flexibility index (Phi) is 3.79. The number of piperidine rings is 1. The van der Waals surface area contributed by atoms with Crippen LogP contribution in [0.2, 0.25) is 5.02 Å². The molecular weight excluding hydrogens is 227 g/mol. The Hall–Kier alpha value is -0.640.